The number of fused-ring (bicyclic) bond motifs is 1. The minimum atomic E-state index is -1.06. The van der Waals surface area contributed by atoms with Crippen LogP contribution in [0.3, 0.4) is 0 Å². The first-order chi connectivity index (χ1) is 31.4. The van der Waals surface area contributed by atoms with Crippen molar-refractivity contribution in [2.75, 3.05) is 64.1 Å². The molecule has 0 spiro atoms. The second kappa shape index (κ2) is 23.0. The molecule has 15 heteroatoms. The molecular weight excluding hydrogens is 882 g/mol. The first-order valence-corrected chi connectivity index (χ1v) is 24.1. The van der Waals surface area contributed by atoms with Crippen molar-refractivity contribution in [1.82, 2.24) is 28.5 Å². The number of rotatable bonds is 19. The number of aromatic nitrogens is 4. The van der Waals surface area contributed by atoms with E-state index in [0.717, 1.165) is 105 Å². The van der Waals surface area contributed by atoms with E-state index in [4.69, 9.17) is 43.1 Å². The van der Waals surface area contributed by atoms with E-state index in [2.05, 4.69) is 26.5 Å². The standard InChI is InChI=1S/C49H57Cl2N7O4S.CH4O/c1-33-26-40(27-34(2)48(33)51)62-24-10-14-41-42-15-16-43(50)47(46-35(3)53-55(6)36(46)4)49(42)58(44(41)32-60)19-11-18-54(5)30-39-28-38(31-59)29-45(52-39)56-20-22-57(23-21-56)63(61)25-17-37-12-8-7-9-13-37;1-2/h7-9,12-13,15-16,26-29,31-32H,10-11,14,17-25,30H2,1-6H3;2H,1H3. The van der Waals surface area contributed by atoms with E-state index in [1.807, 2.05) is 105 Å². The van der Waals surface area contributed by atoms with Gasteiger partial charge in [0.1, 0.15) is 17.9 Å². The number of benzene rings is 3. The number of hydrogen-bond acceptors (Lipinski definition) is 9. The predicted octanol–water partition coefficient (Wildman–Crippen LogP) is 8.77. The molecule has 65 heavy (non-hydrogen) atoms. The number of anilines is 1. The molecule has 1 unspecified atom stereocenters. The fourth-order valence-corrected chi connectivity index (χ4v) is 10.4. The van der Waals surface area contributed by atoms with Crippen molar-refractivity contribution < 1.29 is 23.6 Å². The average Bonchev–Trinajstić information content (AvgIpc) is 3.75. The van der Waals surface area contributed by atoms with Crippen LogP contribution in [0.2, 0.25) is 10.0 Å². The summed E-state index contributed by atoms with van der Waals surface area (Å²) >= 11 is 13.5. The van der Waals surface area contributed by atoms with Gasteiger partial charge in [-0.3, -0.25) is 14.3 Å². The first kappa shape index (κ1) is 49.5. The van der Waals surface area contributed by atoms with E-state index < -0.39 is 11.0 Å². The quantitative estimate of drug-likeness (QED) is 0.0627. The lowest BCUT2D eigenvalue weighted by Crippen LogP contribution is -2.47. The second-order valence-corrected chi connectivity index (χ2v) is 18.9. The highest BCUT2D eigenvalue weighted by atomic mass is 35.5. The van der Waals surface area contributed by atoms with E-state index >= 15 is 0 Å². The summed E-state index contributed by atoms with van der Waals surface area (Å²) in [6.45, 7) is 12.9. The number of ether oxygens (including phenoxy) is 1. The molecule has 0 aliphatic carbocycles. The van der Waals surface area contributed by atoms with Crippen LogP contribution in [0.4, 0.5) is 5.82 Å². The summed E-state index contributed by atoms with van der Waals surface area (Å²) in [5.41, 5.74) is 10.8. The molecule has 0 radical (unpaired) electrons. The Bertz CT molecular complexity index is 2600. The number of aliphatic hydroxyl groups excluding tert-OH is 1. The number of hydrogen-bond donors (Lipinski definition) is 1. The number of aliphatic hydroxyl groups is 1. The number of piperazine rings is 1. The van der Waals surface area contributed by atoms with Crippen LogP contribution in [0.5, 0.6) is 5.75 Å². The molecular formula is C50H61Cl2N7O5S. The number of carbonyl (C=O) groups excluding carboxylic acids is 2. The van der Waals surface area contributed by atoms with Gasteiger partial charge < -0.3 is 24.2 Å². The molecule has 6 aromatic rings. The molecule has 1 atom stereocenters. The highest BCUT2D eigenvalue weighted by molar-refractivity contribution is 7.82. The third kappa shape index (κ3) is 11.7. The van der Waals surface area contributed by atoms with Crippen molar-refractivity contribution in [3.63, 3.8) is 0 Å². The Hall–Kier alpha value is -4.89. The number of pyridine rings is 1. The minimum absolute atomic E-state index is 0.477. The monoisotopic (exact) mass is 941 g/mol. The zero-order valence-electron chi connectivity index (χ0n) is 38.6. The van der Waals surface area contributed by atoms with Gasteiger partial charge in [0, 0.05) is 92.0 Å². The molecule has 1 aliphatic heterocycles. The number of aldehydes is 2. The maximum absolute atomic E-state index is 13.2. The summed E-state index contributed by atoms with van der Waals surface area (Å²) in [7, 11) is 3.92. The number of carbonyl (C=O) groups is 2. The van der Waals surface area contributed by atoms with Crippen molar-refractivity contribution in [2.24, 2.45) is 7.05 Å². The molecule has 0 bridgehead atoms. The van der Waals surface area contributed by atoms with E-state index in [1.54, 1.807) is 0 Å². The lowest BCUT2D eigenvalue weighted by Gasteiger charge is -2.34. The zero-order valence-corrected chi connectivity index (χ0v) is 40.9. The Morgan fingerprint density at radius 3 is 2.23 bits per heavy atom. The highest BCUT2D eigenvalue weighted by Crippen LogP contribution is 2.42. The summed E-state index contributed by atoms with van der Waals surface area (Å²) in [6.07, 6.45) is 4.70. The predicted molar refractivity (Wildman–Crippen MR) is 264 cm³/mol. The van der Waals surface area contributed by atoms with Crippen molar-refractivity contribution in [3.05, 3.63) is 127 Å². The van der Waals surface area contributed by atoms with E-state index in [9.17, 15) is 13.8 Å². The molecule has 3 aromatic heterocycles. The number of nitrogens with zero attached hydrogens (tertiary/aromatic N) is 7. The average molecular weight is 943 g/mol. The summed E-state index contributed by atoms with van der Waals surface area (Å²) < 4.78 is 25.4. The fourth-order valence-electron chi connectivity index (χ4n) is 8.80. The molecule has 1 N–H and O–H groups in total. The van der Waals surface area contributed by atoms with Gasteiger partial charge in [0.05, 0.1) is 45.2 Å². The topological polar surface area (TPSA) is 126 Å². The van der Waals surface area contributed by atoms with Gasteiger partial charge >= 0.3 is 0 Å². The Morgan fingerprint density at radius 2 is 1.58 bits per heavy atom. The molecule has 7 rings (SSSR count). The molecule has 346 valence electrons. The van der Waals surface area contributed by atoms with E-state index in [0.29, 0.717) is 87.3 Å². The lowest BCUT2D eigenvalue weighted by atomic mass is 9.98. The highest BCUT2D eigenvalue weighted by Gasteiger charge is 2.26. The van der Waals surface area contributed by atoms with Crippen LogP contribution in [0.25, 0.3) is 22.0 Å². The van der Waals surface area contributed by atoms with Crippen LogP contribution in [0.1, 0.15) is 73.0 Å². The Labute approximate surface area is 395 Å². The molecule has 0 saturated carbocycles. The van der Waals surface area contributed by atoms with Gasteiger partial charge in [-0.25, -0.2) is 13.5 Å². The summed E-state index contributed by atoms with van der Waals surface area (Å²) in [5.74, 6) is 2.13. The van der Waals surface area contributed by atoms with Gasteiger partial charge in [-0.2, -0.15) is 5.10 Å². The smallest absolute Gasteiger partial charge is 0.166 e. The SMILES string of the molecule is CO.Cc1cc(OCCCc2c(C=O)n(CCCN(C)Cc3cc(C=O)cc(N4CCN(S(=O)CCc5ccccc5)CC4)n3)c3c(-c4c(C)nn(C)c4C)c(Cl)ccc23)cc(C)c1Cl. The summed E-state index contributed by atoms with van der Waals surface area (Å²) in [4.78, 5) is 34.7. The van der Waals surface area contributed by atoms with Gasteiger partial charge in [0.2, 0.25) is 0 Å². The Kier molecular flexibility index (Phi) is 17.5. The van der Waals surface area contributed by atoms with Crippen LogP contribution in [0.15, 0.2) is 66.7 Å². The van der Waals surface area contributed by atoms with Crippen molar-refractivity contribution >= 4 is 63.5 Å². The van der Waals surface area contributed by atoms with Crippen LogP contribution >= 0.6 is 23.2 Å². The van der Waals surface area contributed by atoms with Crippen LogP contribution in [0, 0.1) is 27.7 Å². The molecule has 0 amide bonds. The van der Waals surface area contributed by atoms with Crippen LogP contribution in [-0.4, -0.2) is 110 Å². The van der Waals surface area contributed by atoms with Crippen molar-refractivity contribution in [3.8, 4) is 16.9 Å². The largest absolute Gasteiger partial charge is 0.494 e. The third-order valence-corrected chi connectivity index (χ3v) is 14.5. The van der Waals surface area contributed by atoms with Gasteiger partial charge in [-0.05, 0) is 120 Å². The van der Waals surface area contributed by atoms with Crippen LogP contribution < -0.4 is 9.64 Å². The van der Waals surface area contributed by atoms with E-state index in [1.165, 1.54) is 5.56 Å². The minimum Gasteiger partial charge on any atom is -0.494 e. The number of halogens is 2. The molecule has 1 fully saturated rings. The first-order valence-electron chi connectivity index (χ1n) is 22.1. The molecule has 3 aromatic carbocycles. The van der Waals surface area contributed by atoms with Crippen molar-refractivity contribution in [1.29, 1.82) is 0 Å². The maximum atomic E-state index is 13.2. The van der Waals surface area contributed by atoms with Crippen LogP contribution in [-0.2, 0) is 44.0 Å². The maximum Gasteiger partial charge on any atom is 0.166 e. The van der Waals surface area contributed by atoms with Crippen molar-refractivity contribution in [2.45, 2.75) is 66.5 Å². The summed E-state index contributed by atoms with van der Waals surface area (Å²) in [5, 5.41) is 14.1. The molecule has 4 heterocycles. The summed E-state index contributed by atoms with van der Waals surface area (Å²) in [6, 6.07) is 21.7. The molecule has 12 nitrogen and oxygen atoms in total. The van der Waals surface area contributed by atoms with Gasteiger partial charge in [-0.15, -0.1) is 0 Å². The lowest BCUT2D eigenvalue weighted by molar-refractivity contribution is 0.111. The van der Waals surface area contributed by atoms with Gasteiger partial charge in [0.15, 0.2) is 6.29 Å². The third-order valence-electron chi connectivity index (χ3n) is 12.1. The molecule has 1 aliphatic rings. The van der Waals surface area contributed by atoms with E-state index in [-0.39, 0.29) is 0 Å². The normalized spacial score (nSPS) is 13.6. The Balaban J connectivity index is 0.00000345. The Morgan fingerprint density at radius 1 is 0.877 bits per heavy atom. The zero-order chi connectivity index (χ0) is 46.8. The number of aryl methyl sites for hydroxylation is 7. The van der Waals surface area contributed by atoms with Gasteiger partial charge in [0.25, 0.3) is 0 Å². The fraction of sp³-hybridized carbons (Fsp3) is 0.400. The second-order valence-electron chi connectivity index (χ2n) is 16.6. The van der Waals surface area contributed by atoms with Gasteiger partial charge in [-0.1, -0.05) is 59.6 Å². The molecule has 1 saturated heterocycles.